The number of nitrogens with zero attached hydrogens (tertiary/aromatic N) is 1. The molecule has 1 saturated heterocycles. The number of rotatable bonds is 9. The number of amides is 1. The summed E-state index contributed by atoms with van der Waals surface area (Å²) in [7, 11) is 1.46. The minimum atomic E-state index is -0.850. The summed E-state index contributed by atoms with van der Waals surface area (Å²) < 4.78 is 16.9. The lowest BCUT2D eigenvalue weighted by atomic mass is 9.95. The number of hydrogen-bond acceptors (Lipinski definition) is 6. The van der Waals surface area contributed by atoms with Crippen LogP contribution in [0.25, 0.3) is 5.76 Å². The smallest absolute Gasteiger partial charge is 0.295 e. The predicted molar refractivity (Wildman–Crippen MR) is 141 cm³/mol. The first kappa shape index (κ1) is 26.3. The quantitative estimate of drug-likeness (QED) is 0.211. The Kier molecular flexibility index (Phi) is 8.16. The average Bonchev–Trinajstić information content (AvgIpc) is 3.14. The molecule has 3 aromatic rings. The summed E-state index contributed by atoms with van der Waals surface area (Å²) in [6.07, 6.45) is -0.0422. The largest absolute Gasteiger partial charge is 0.507 e. The molecule has 4 rings (SSSR count). The predicted octanol–water partition coefficient (Wildman–Crippen LogP) is 5.99. The number of methoxy groups -OCH3 is 1. The maximum Gasteiger partial charge on any atom is 0.295 e. The molecule has 0 aromatic heterocycles. The third kappa shape index (κ3) is 5.79. The molecule has 0 radical (unpaired) electrons. The highest BCUT2D eigenvalue weighted by molar-refractivity contribution is 6.46. The van der Waals surface area contributed by atoms with Gasteiger partial charge >= 0.3 is 0 Å². The lowest BCUT2D eigenvalue weighted by molar-refractivity contribution is -0.140. The number of likely N-dealkylation sites (tertiary alicyclic amines) is 1. The van der Waals surface area contributed by atoms with Crippen LogP contribution in [0.3, 0.4) is 0 Å². The molecule has 37 heavy (non-hydrogen) atoms. The monoisotopic (exact) mass is 521 g/mol. The zero-order valence-corrected chi connectivity index (χ0v) is 21.6. The van der Waals surface area contributed by atoms with Crippen LogP contribution in [0.5, 0.6) is 17.2 Å². The summed E-state index contributed by atoms with van der Waals surface area (Å²) in [5.74, 6) is -0.308. The van der Waals surface area contributed by atoms with Crippen molar-refractivity contribution >= 4 is 29.1 Å². The third-order valence-corrected chi connectivity index (χ3v) is 6.21. The Morgan fingerprint density at radius 3 is 2.43 bits per heavy atom. The molecule has 0 saturated carbocycles. The number of ketones is 1. The van der Waals surface area contributed by atoms with E-state index in [9.17, 15) is 14.7 Å². The van der Waals surface area contributed by atoms with Gasteiger partial charge < -0.3 is 24.2 Å². The molecule has 1 atom stereocenters. The van der Waals surface area contributed by atoms with E-state index in [1.54, 1.807) is 36.4 Å². The summed E-state index contributed by atoms with van der Waals surface area (Å²) in [4.78, 5) is 27.9. The van der Waals surface area contributed by atoms with Crippen molar-refractivity contribution in [2.75, 3.05) is 20.3 Å². The molecule has 1 aliphatic rings. The highest BCUT2D eigenvalue weighted by Gasteiger charge is 2.46. The van der Waals surface area contributed by atoms with Gasteiger partial charge in [-0.25, -0.2) is 0 Å². The molecule has 1 unspecified atom stereocenters. The van der Waals surface area contributed by atoms with Crippen molar-refractivity contribution in [2.45, 2.75) is 26.0 Å². The van der Waals surface area contributed by atoms with Crippen LogP contribution in [0.4, 0.5) is 0 Å². The molecule has 1 N–H and O–H groups in total. The van der Waals surface area contributed by atoms with Gasteiger partial charge in [0.05, 0.1) is 36.5 Å². The first-order chi connectivity index (χ1) is 17.8. The number of Topliss-reactive ketones (excluding diaryl/α,β-unsaturated/α-hetero) is 1. The normalized spacial score (nSPS) is 16.9. The van der Waals surface area contributed by atoms with Gasteiger partial charge in [-0.2, -0.15) is 0 Å². The van der Waals surface area contributed by atoms with Gasteiger partial charge in [0.1, 0.15) is 23.0 Å². The second-order valence-corrected chi connectivity index (χ2v) is 9.16. The molecule has 7 nitrogen and oxygen atoms in total. The average molecular weight is 522 g/mol. The van der Waals surface area contributed by atoms with Crippen molar-refractivity contribution in [2.24, 2.45) is 0 Å². The van der Waals surface area contributed by atoms with Gasteiger partial charge in [-0.15, -0.1) is 0 Å². The molecule has 8 heteroatoms. The molecule has 1 aliphatic heterocycles. The van der Waals surface area contributed by atoms with Crippen molar-refractivity contribution in [1.29, 1.82) is 0 Å². The minimum Gasteiger partial charge on any atom is -0.507 e. The van der Waals surface area contributed by atoms with Crippen LogP contribution in [0, 0.1) is 0 Å². The zero-order chi connectivity index (χ0) is 26.5. The van der Waals surface area contributed by atoms with E-state index in [0.717, 1.165) is 0 Å². The lowest BCUT2D eigenvalue weighted by Gasteiger charge is -2.26. The molecule has 1 heterocycles. The van der Waals surface area contributed by atoms with Crippen molar-refractivity contribution in [3.05, 3.63) is 94.5 Å². The van der Waals surface area contributed by atoms with Crippen LogP contribution in [0.1, 0.15) is 31.0 Å². The van der Waals surface area contributed by atoms with E-state index in [1.807, 2.05) is 44.2 Å². The zero-order valence-electron chi connectivity index (χ0n) is 20.8. The summed E-state index contributed by atoms with van der Waals surface area (Å²) >= 11 is 6.15. The van der Waals surface area contributed by atoms with E-state index < -0.39 is 17.7 Å². The van der Waals surface area contributed by atoms with Crippen molar-refractivity contribution in [3.63, 3.8) is 0 Å². The van der Waals surface area contributed by atoms with E-state index >= 15 is 0 Å². The van der Waals surface area contributed by atoms with Crippen LogP contribution in [0.2, 0.25) is 5.02 Å². The Balaban J connectivity index is 1.79. The Morgan fingerprint density at radius 1 is 1.00 bits per heavy atom. The Bertz CT molecular complexity index is 1320. The second-order valence-electron chi connectivity index (χ2n) is 8.75. The van der Waals surface area contributed by atoms with Crippen LogP contribution in [0.15, 0.2) is 78.4 Å². The molecule has 192 valence electrons. The summed E-state index contributed by atoms with van der Waals surface area (Å²) in [5.41, 5.74) is 0.884. The second kappa shape index (κ2) is 11.5. The Hall–Kier alpha value is -3.81. The lowest BCUT2D eigenvalue weighted by Crippen LogP contribution is -2.33. The van der Waals surface area contributed by atoms with Crippen molar-refractivity contribution in [3.8, 4) is 17.2 Å². The number of para-hydroxylation sites is 1. The Labute approximate surface area is 220 Å². The van der Waals surface area contributed by atoms with E-state index in [4.69, 9.17) is 25.8 Å². The maximum absolute atomic E-state index is 13.3. The number of aliphatic hydroxyl groups is 1. The number of carbonyl (C=O) groups is 2. The summed E-state index contributed by atoms with van der Waals surface area (Å²) in [6.45, 7) is 4.18. The van der Waals surface area contributed by atoms with Gasteiger partial charge in [0, 0.05) is 12.1 Å². The van der Waals surface area contributed by atoms with Crippen LogP contribution < -0.4 is 9.47 Å². The molecule has 0 bridgehead atoms. The summed E-state index contributed by atoms with van der Waals surface area (Å²) in [5, 5.41) is 11.7. The number of carbonyl (C=O) groups excluding carboxylic acids is 2. The van der Waals surface area contributed by atoms with E-state index in [1.165, 1.54) is 18.1 Å². The minimum absolute atomic E-state index is 0.0317. The molecule has 0 aliphatic carbocycles. The molecule has 1 amide bonds. The van der Waals surface area contributed by atoms with Gasteiger partial charge in [0.2, 0.25) is 0 Å². The van der Waals surface area contributed by atoms with Gasteiger partial charge in [-0.3, -0.25) is 9.59 Å². The van der Waals surface area contributed by atoms with E-state index in [0.29, 0.717) is 33.4 Å². The number of benzene rings is 3. The third-order valence-electron chi connectivity index (χ3n) is 5.90. The number of aliphatic hydroxyl groups excluding tert-OH is 1. The van der Waals surface area contributed by atoms with Crippen LogP contribution in [-0.2, 0) is 14.3 Å². The summed E-state index contributed by atoms with van der Waals surface area (Å²) in [6, 6.07) is 20.2. The molecular weight excluding hydrogens is 494 g/mol. The van der Waals surface area contributed by atoms with E-state index in [-0.39, 0.29) is 30.6 Å². The Morgan fingerprint density at radius 2 is 1.73 bits per heavy atom. The van der Waals surface area contributed by atoms with Gasteiger partial charge in [-0.05, 0) is 61.9 Å². The molecule has 1 fully saturated rings. The van der Waals surface area contributed by atoms with Crippen LogP contribution >= 0.6 is 11.6 Å². The fraction of sp³-hybridized carbons (Fsp3) is 0.241. The van der Waals surface area contributed by atoms with Crippen molar-refractivity contribution in [1.82, 2.24) is 4.90 Å². The van der Waals surface area contributed by atoms with Crippen LogP contribution in [-0.4, -0.2) is 48.1 Å². The number of halogens is 1. The number of ether oxygens (including phenoxy) is 3. The first-order valence-electron chi connectivity index (χ1n) is 11.9. The molecule has 3 aromatic carbocycles. The highest BCUT2D eigenvalue weighted by Crippen LogP contribution is 2.41. The fourth-order valence-electron chi connectivity index (χ4n) is 4.18. The van der Waals surface area contributed by atoms with Gasteiger partial charge in [0.25, 0.3) is 11.7 Å². The fourth-order valence-corrected chi connectivity index (χ4v) is 4.37. The van der Waals surface area contributed by atoms with Gasteiger partial charge in [-0.1, -0.05) is 41.9 Å². The molecule has 0 spiro atoms. The number of hydrogen-bond donors (Lipinski definition) is 1. The standard InChI is InChI=1S/C29H28ClNO6/c1-18(2)36-15-14-31-26(19-8-7-11-22(16-19)37-21-9-5-4-6-10-21)25(28(33)29(31)34)27(32)20-12-13-23(30)24(17-20)35-3/h4-13,16-18,26,32H,14-15H2,1-3H3/b27-25-. The SMILES string of the molecule is COc1cc(/C(O)=C2/C(=O)C(=O)N(CCOC(C)C)C2c2cccc(Oc3ccccc3)c2)ccc1Cl. The molecular formula is C29H28ClNO6. The first-order valence-corrected chi connectivity index (χ1v) is 12.2. The van der Waals surface area contributed by atoms with Crippen molar-refractivity contribution < 1.29 is 28.9 Å². The highest BCUT2D eigenvalue weighted by atomic mass is 35.5. The van der Waals surface area contributed by atoms with Gasteiger partial charge in [0.15, 0.2) is 0 Å². The topological polar surface area (TPSA) is 85.3 Å². The van der Waals surface area contributed by atoms with E-state index in [2.05, 4.69) is 0 Å². The maximum atomic E-state index is 13.3.